The quantitative estimate of drug-likeness (QED) is 0.891. The first kappa shape index (κ1) is 13.9. The Morgan fingerprint density at radius 2 is 2.05 bits per heavy atom. The summed E-state index contributed by atoms with van der Waals surface area (Å²) < 4.78 is 5.90. The predicted molar refractivity (Wildman–Crippen MR) is 79.9 cm³/mol. The lowest BCUT2D eigenvalue weighted by atomic mass is 9.64. The van der Waals surface area contributed by atoms with E-state index in [1.54, 1.807) is 0 Å². The monoisotopic (exact) mass is 275 g/mol. The van der Waals surface area contributed by atoms with Gasteiger partial charge in [0.2, 0.25) is 0 Å². The SMILES string of the molecule is CC1(C)Cc2cc(CNC3CC(O)C3(C)C)ccc2O1. The Morgan fingerprint density at radius 1 is 1.30 bits per heavy atom. The molecule has 0 spiro atoms. The molecule has 2 aliphatic rings. The molecule has 1 aromatic carbocycles. The van der Waals surface area contributed by atoms with Crippen molar-refractivity contribution in [1.29, 1.82) is 0 Å². The Hall–Kier alpha value is -1.06. The summed E-state index contributed by atoms with van der Waals surface area (Å²) >= 11 is 0. The second-order valence-corrected chi connectivity index (χ2v) is 7.49. The van der Waals surface area contributed by atoms with Crippen LogP contribution in [0.15, 0.2) is 18.2 Å². The van der Waals surface area contributed by atoms with E-state index in [-0.39, 0.29) is 17.1 Å². The summed E-state index contributed by atoms with van der Waals surface area (Å²) in [4.78, 5) is 0. The van der Waals surface area contributed by atoms with Crippen LogP contribution in [0.4, 0.5) is 0 Å². The minimum atomic E-state index is -0.172. The van der Waals surface area contributed by atoms with Gasteiger partial charge in [0.05, 0.1) is 6.10 Å². The molecule has 1 heterocycles. The standard InChI is InChI=1S/C17H25NO2/c1-16(2)9-12-7-11(5-6-13(12)20-16)10-18-14-8-15(19)17(14,3)4/h5-7,14-15,18-19H,8-10H2,1-4H3. The summed E-state index contributed by atoms with van der Waals surface area (Å²) in [6.45, 7) is 9.36. The predicted octanol–water partition coefficient (Wildman–Crippen LogP) is 2.65. The van der Waals surface area contributed by atoms with Crippen molar-refractivity contribution in [3.63, 3.8) is 0 Å². The molecule has 0 radical (unpaired) electrons. The molecule has 3 nitrogen and oxygen atoms in total. The molecule has 20 heavy (non-hydrogen) atoms. The van der Waals surface area contributed by atoms with Crippen molar-refractivity contribution in [3.05, 3.63) is 29.3 Å². The maximum absolute atomic E-state index is 9.77. The van der Waals surface area contributed by atoms with Gasteiger partial charge in [-0.15, -0.1) is 0 Å². The van der Waals surface area contributed by atoms with Crippen molar-refractivity contribution in [3.8, 4) is 5.75 Å². The average Bonchev–Trinajstić information content (AvgIpc) is 2.67. The molecule has 3 heteroatoms. The van der Waals surface area contributed by atoms with Crippen LogP contribution in [0.3, 0.4) is 0 Å². The summed E-state index contributed by atoms with van der Waals surface area (Å²) in [6, 6.07) is 6.87. The molecule has 2 atom stereocenters. The largest absolute Gasteiger partial charge is 0.487 e. The molecule has 3 rings (SSSR count). The van der Waals surface area contributed by atoms with Gasteiger partial charge < -0.3 is 15.2 Å². The van der Waals surface area contributed by atoms with Crippen molar-refractivity contribution in [2.24, 2.45) is 5.41 Å². The fraction of sp³-hybridized carbons (Fsp3) is 0.647. The summed E-state index contributed by atoms with van der Waals surface area (Å²) in [7, 11) is 0. The fourth-order valence-corrected chi connectivity index (χ4v) is 3.26. The third-order valence-corrected chi connectivity index (χ3v) is 4.90. The number of aliphatic hydroxyl groups excluding tert-OH is 1. The van der Waals surface area contributed by atoms with E-state index in [4.69, 9.17) is 4.74 Å². The van der Waals surface area contributed by atoms with E-state index >= 15 is 0 Å². The lowest BCUT2D eigenvalue weighted by Crippen LogP contribution is -2.59. The molecule has 0 aromatic heterocycles. The molecular weight excluding hydrogens is 250 g/mol. The first-order valence-corrected chi connectivity index (χ1v) is 7.50. The lowest BCUT2D eigenvalue weighted by Gasteiger charge is -2.49. The Labute approximate surface area is 121 Å². The average molecular weight is 275 g/mol. The van der Waals surface area contributed by atoms with Crippen LogP contribution < -0.4 is 10.1 Å². The normalized spacial score (nSPS) is 29.4. The molecule has 1 saturated carbocycles. The van der Waals surface area contributed by atoms with Gasteiger partial charge >= 0.3 is 0 Å². The highest BCUT2D eigenvalue weighted by atomic mass is 16.5. The second kappa shape index (κ2) is 4.47. The van der Waals surface area contributed by atoms with Crippen LogP contribution in [0.2, 0.25) is 0 Å². The van der Waals surface area contributed by atoms with Gasteiger partial charge in [-0.25, -0.2) is 0 Å². The van der Waals surface area contributed by atoms with E-state index in [2.05, 4.69) is 51.2 Å². The number of benzene rings is 1. The Kier molecular flexibility index (Phi) is 3.11. The second-order valence-electron chi connectivity index (χ2n) is 7.49. The molecule has 2 N–H and O–H groups in total. The number of hydrogen-bond acceptors (Lipinski definition) is 3. The van der Waals surface area contributed by atoms with Gasteiger partial charge in [-0.3, -0.25) is 0 Å². The van der Waals surface area contributed by atoms with Gasteiger partial charge in [-0.1, -0.05) is 26.0 Å². The van der Waals surface area contributed by atoms with Crippen LogP contribution >= 0.6 is 0 Å². The molecule has 1 aliphatic carbocycles. The number of aliphatic hydroxyl groups is 1. The molecule has 110 valence electrons. The zero-order chi connectivity index (χ0) is 14.5. The van der Waals surface area contributed by atoms with Gasteiger partial charge in [0.25, 0.3) is 0 Å². The zero-order valence-electron chi connectivity index (χ0n) is 12.9. The molecule has 0 bridgehead atoms. The van der Waals surface area contributed by atoms with Gasteiger partial charge in [0.1, 0.15) is 11.4 Å². The van der Waals surface area contributed by atoms with E-state index in [1.165, 1.54) is 11.1 Å². The van der Waals surface area contributed by atoms with E-state index in [1.807, 2.05) is 0 Å². The molecule has 2 unspecified atom stereocenters. The maximum atomic E-state index is 9.77. The molecular formula is C17H25NO2. The van der Waals surface area contributed by atoms with Crippen molar-refractivity contribution >= 4 is 0 Å². The molecule has 1 fully saturated rings. The summed E-state index contributed by atoms with van der Waals surface area (Å²) in [5, 5.41) is 13.3. The van der Waals surface area contributed by atoms with Crippen LogP contribution in [0.25, 0.3) is 0 Å². The number of nitrogens with one attached hydrogen (secondary N) is 1. The van der Waals surface area contributed by atoms with E-state index in [0.717, 1.165) is 25.1 Å². The van der Waals surface area contributed by atoms with Crippen LogP contribution in [-0.2, 0) is 13.0 Å². The molecule has 0 amide bonds. The van der Waals surface area contributed by atoms with Crippen LogP contribution in [0, 0.1) is 5.41 Å². The third kappa shape index (κ3) is 2.33. The first-order valence-electron chi connectivity index (χ1n) is 7.50. The minimum absolute atomic E-state index is 0.0121. The van der Waals surface area contributed by atoms with E-state index in [0.29, 0.717) is 6.04 Å². The number of rotatable bonds is 3. The number of hydrogen-bond donors (Lipinski definition) is 2. The summed E-state index contributed by atoms with van der Waals surface area (Å²) in [5.74, 6) is 1.03. The number of ether oxygens (including phenoxy) is 1. The van der Waals surface area contributed by atoms with Gasteiger partial charge in [0.15, 0.2) is 0 Å². The molecule has 1 aliphatic heterocycles. The highest BCUT2D eigenvalue weighted by molar-refractivity contribution is 5.41. The minimum Gasteiger partial charge on any atom is -0.487 e. The van der Waals surface area contributed by atoms with Crippen LogP contribution in [-0.4, -0.2) is 22.9 Å². The van der Waals surface area contributed by atoms with Crippen LogP contribution in [0.5, 0.6) is 5.75 Å². The highest BCUT2D eigenvalue weighted by Crippen LogP contribution is 2.40. The topological polar surface area (TPSA) is 41.5 Å². The Morgan fingerprint density at radius 3 is 2.70 bits per heavy atom. The third-order valence-electron chi connectivity index (χ3n) is 4.90. The van der Waals surface area contributed by atoms with Crippen LogP contribution in [0.1, 0.15) is 45.2 Å². The molecule has 0 saturated heterocycles. The smallest absolute Gasteiger partial charge is 0.123 e. The number of fused-ring (bicyclic) bond motifs is 1. The summed E-state index contributed by atoms with van der Waals surface area (Å²) in [5.41, 5.74) is 2.51. The summed E-state index contributed by atoms with van der Waals surface area (Å²) in [6.07, 6.45) is 1.66. The van der Waals surface area contributed by atoms with Crippen molar-refractivity contribution in [2.45, 2.75) is 64.8 Å². The van der Waals surface area contributed by atoms with Gasteiger partial charge in [0, 0.05) is 24.4 Å². The van der Waals surface area contributed by atoms with Crippen molar-refractivity contribution < 1.29 is 9.84 Å². The van der Waals surface area contributed by atoms with Crippen molar-refractivity contribution in [2.75, 3.05) is 0 Å². The van der Waals surface area contributed by atoms with Gasteiger partial charge in [-0.2, -0.15) is 0 Å². The van der Waals surface area contributed by atoms with E-state index < -0.39 is 0 Å². The fourth-order valence-electron chi connectivity index (χ4n) is 3.26. The Bertz CT molecular complexity index is 522. The zero-order valence-corrected chi connectivity index (χ0v) is 12.9. The van der Waals surface area contributed by atoms with Crippen molar-refractivity contribution in [1.82, 2.24) is 5.32 Å². The first-order chi connectivity index (χ1) is 9.28. The van der Waals surface area contributed by atoms with Gasteiger partial charge in [-0.05, 0) is 37.5 Å². The molecule has 1 aromatic rings. The lowest BCUT2D eigenvalue weighted by molar-refractivity contribution is -0.0729. The highest BCUT2D eigenvalue weighted by Gasteiger charge is 2.46. The maximum Gasteiger partial charge on any atom is 0.123 e. The van der Waals surface area contributed by atoms with E-state index in [9.17, 15) is 5.11 Å². The Balaban J connectivity index is 1.63.